The van der Waals surface area contributed by atoms with Crippen LogP contribution in [-0.2, 0) is 0 Å². The molecule has 1 aliphatic rings. The zero-order chi connectivity index (χ0) is 14.5. The van der Waals surface area contributed by atoms with Crippen LogP contribution in [0.15, 0.2) is 65.3 Å². The SMILES string of the molecule is Brc1ccccc1-c1ccn[nH]1.c1ccc2c(c1)OCO2. The fourth-order valence-electron chi connectivity index (χ4n) is 1.93. The van der Waals surface area contributed by atoms with Crippen LogP contribution in [0.3, 0.4) is 0 Å². The largest absolute Gasteiger partial charge is 0.454 e. The fraction of sp³-hybridized carbons (Fsp3) is 0.0625. The predicted octanol–water partition coefficient (Wildman–Crippen LogP) is 4.25. The van der Waals surface area contributed by atoms with Crippen LogP contribution in [0.4, 0.5) is 0 Å². The lowest BCUT2D eigenvalue weighted by atomic mass is 10.2. The molecule has 1 N–H and O–H groups in total. The van der Waals surface area contributed by atoms with E-state index >= 15 is 0 Å². The molecule has 0 amide bonds. The predicted molar refractivity (Wildman–Crippen MR) is 84.3 cm³/mol. The quantitative estimate of drug-likeness (QED) is 0.717. The van der Waals surface area contributed by atoms with E-state index in [1.54, 1.807) is 6.20 Å². The monoisotopic (exact) mass is 344 g/mol. The number of aromatic amines is 1. The Hall–Kier alpha value is -2.27. The first-order chi connectivity index (χ1) is 10.3. The molecule has 0 spiro atoms. The van der Waals surface area contributed by atoms with Crippen LogP contribution in [0.1, 0.15) is 0 Å². The molecule has 5 heteroatoms. The van der Waals surface area contributed by atoms with E-state index in [0.29, 0.717) is 6.79 Å². The van der Waals surface area contributed by atoms with Gasteiger partial charge in [-0.15, -0.1) is 0 Å². The number of benzene rings is 2. The van der Waals surface area contributed by atoms with Gasteiger partial charge >= 0.3 is 0 Å². The first kappa shape index (κ1) is 13.7. The van der Waals surface area contributed by atoms with E-state index in [0.717, 1.165) is 27.2 Å². The Morgan fingerprint density at radius 2 is 1.57 bits per heavy atom. The summed E-state index contributed by atoms with van der Waals surface area (Å²) in [5, 5.41) is 6.81. The van der Waals surface area contributed by atoms with Gasteiger partial charge in [-0.25, -0.2) is 0 Å². The molecule has 106 valence electrons. The van der Waals surface area contributed by atoms with Gasteiger partial charge in [0, 0.05) is 16.2 Å². The maximum absolute atomic E-state index is 5.08. The zero-order valence-electron chi connectivity index (χ0n) is 11.1. The first-order valence-corrected chi connectivity index (χ1v) is 7.23. The number of para-hydroxylation sites is 2. The number of nitrogens with zero attached hydrogens (tertiary/aromatic N) is 1. The number of aromatic nitrogens is 2. The Labute approximate surface area is 130 Å². The lowest BCUT2D eigenvalue weighted by Gasteiger charge is -1.98. The maximum atomic E-state index is 5.08. The lowest BCUT2D eigenvalue weighted by Crippen LogP contribution is -1.92. The molecule has 1 aromatic heterocycles. The van der Waals surface area contributed by atoms with Crippen molar-refractivity contribution in [2.75, 3.05) is 6.79 Å². The summed E-state index contributed by atoms with van der Waals surface area (Å²) >= 11 is 3.47. The van der Waals surface area contributed by atoms with Crippen LogP contribution in [0.2, 0.25) is 0 Å². The van der Waals surface area contributed by atoms with Crippen LogP contribution >= 0.6 is 15.9 Å². The highest BCUT2D eigenvalue weighted by Crippen LogP contribution is 2.30. The van der Waals surface area contributed by atoms with Crippen LogP contribution in [-0.4, -0.2) is 17.0 Å². The fourth-order valence-corrected chi connectivity index (χ4v) is 2.43. The molecule has 4 rings (SSSR count). The summed E-state index contributed by atoms with van der Waals surface area (Å²) in [4.78, 5) is 0. The number of rotatable bonds is 1. The summed E-state index contributed by atoms with van der Waals surface area (Å²) in [5.41, 5.74) is 2.16. The number of fused-ring (bicyclic) bond motifs is 1. The van der Waals surface area contributed by atoms with E-state index in [2.05, 4.69) is 26.1 Å². The summed E-state index contributed by atoms with van der Waals surface area (Å²) in [6.45, 7) is 0.360. The number of halogens is 1. The summed E-state index contributed by atoms with van der Waals surface area (Å²) < 4.78 is 11.2. The van der Waals surface area contributed by atoms with Crippen LogP contribution in [0.25, 0.3) is 11.3 Å². The molecule has 2 heterocycles. The van der Waals surface area contributed by atoms with E-state index in [9.17, 15) is 0 Å². The molecule has 0 atom stereocenters. The second-order valence-corrected chi connectivity index (χ2v) is 5.16. The molecule has 3 aromatic rings. The Kier molecular flexibility index (Phi) is 4.21. The van der Waals surface area contributed by atoms with E-state index in [1.165, 1.54) is 0 Å². The third-order valence-corrected chi connectivity index (χ3v) is 3.63. The van der Waals surface area contributed by atoms with Crippen molar-refractivity contribution in [2.45, 2.75) is 0 Å². The van der Waals surface area contributed by atoms with Crippen molar-refractivity contribution in [1.82, 2.24) is 10.2 Å². The normalized spacial score (nSPS) is 11.7. The molecule has 0 unspecified atom stereocenters. The van der Waals surface area contributed by atoms with Gasteiger partial charge in [-0.3, -0.25) is 5.10 Å². The Balaban J connectivity index is 0.000000131. The van der Waals surface area contributed by atoms with Gasteiger partial charge in [-0.2, -0.15) is 5.10 Å². The third-order valence-electron chi connectivity index (χ3n) is 2.94. The van der Waals surface area contributed by atoms with Crippen molar-refractivity contribution >= 4 is 15.9 Å². The van der Waals surface area contributed by atoms with Crippen molar-refractivity contribution in [3.63, 3.8) is 0 Å². The van der Waals surface area contributed by atoms with Crippen molar-refractivity contribution in [3.8, 4) is 22.8 Å². The minimum absolute atomic E-state index is 0.360. The van der Waals surface area contributed by atoms with Crippen molar-refractivity contribution in [1.29, 1.82) is 0 Å². The number of hydrogen-bond acceptors (Lipinski definition) is 3. The highest BCUT2D eigenvalue weighted by Gasteiger charge is 2.09. The Morgan fingerprint density at radius 3 is 2.19 bits per heavy atom. The molecule has 1 aliphatic heterocycles. The number of ether oxygens (including phenoxy) is 2. The molecular weight excluding hydrogens is 332 g/mol. The summed E-state index contributed by atoms with van der Waals surface area (Å²) in [6, 6.07) is 17.6. The van der Waals surface area contributed by atoms with Crippen molar-refractivity contribution in [3.05, 3.63) is 65.3 Å². The molecule has 2 aromatic carbocycles. The lowest BCUT2D eigenvalue weighted by molar-refractivity contribution is 0.174. The first-order valence-electron chi connectivity index (χ1n) is 6.43. The molecule has 21 heavy (non-hydrogen) atoms. The van der Waals surface area contributed by atoms with Crippen molar-refractivity contribution in [2.24, 2.45) is 0 Å². The number of hydrogen-bond donors (Lipinski definition) is 1. The van der Waals surface area contributed by atoms with Gasteiger partial charge < -0.3 is 9.47 Å². The molecule has 0 saturated carbocycles. The van der Waals surface area contributed by atoms with Crippen LogP contribution in [0, 0.1) is 0 Å². The topological polar surface area (TPSA) is 47.1 Å². The zero-order valence-corrected chi connectivity index (χ0v) is 12.7. The Morgan fingerprint density at radius 1 is 0.905 bits per heavy atom. The van der Waals surface area contributed by atoms with Crippen LogP contribution < -0.4 is 9.47 Å². The highest BCUT2D eigenvalue weighted by molar-refractivity contribution is 9.10. The van der Waals surface area contributed by atoms with E-state index in [4.69, 9.17) is 9.47 Å². The molecule has 0 bridgehead atoms. The van der Waals surface area contributed by atoms with Gasteiger partial charge in [0.15, 0.2) is 11.5 Å². The minimum Gasteiger partial charge on any atom is -0.454 e. The molecule has 4 nitrogen and oxygen atoms in total. The minimum atomic E-state index is 0.360. The summed E-state index contributed by atoms with van der Waals surface area (Å²) in [7, 11) is 0. The molecule has 0 saturated heterocycles. The summed E-state index contributed by atoms with van der Waals surface area (Å²) in [5.74, 6) is 1.69. The van der Waals surface area contributed by atoms with E-state index in [1.807, 2.05) is 54.6 Å². The average Bonchev–Trinajstić information content (AvgIpc) is 3.20. The molecule has 0 aliphatic carbocycles. The highest BCUT2D eigenvalue weighted by atomic mass is 79.9. The number of H-pyrrole nitrogens is 1. The van der Waals surface area contributed by atoms with Gasteiger partial charge in [0.25, 0.3) is 0 Å². The molecule has 0 radical (unpaired) electrons. The number of nitrogens with one attached hydrogen (secondary N) is 1. The maximum Gasteiger partial charge on any atom is 0.231 e. The second kappa shape index (κ2) is 6.45. The standard InChI is InChI=1S/C9H7BrN2.C7H6O2/c10-8-4-2-1-3-7(8)9-5-6-11-12-9;1-2-4-7-6(3-1)8-5-9-7/h1-6H,(H,11,12);1-4H,5H2. The van der Waals surface area contributed by atoms with E-state index < -0.39 is 0 Å². The smallest absolute Gasteiger partial charge is 0.231 e. The molecule has 0 fully saturated rings. The van der Waals surface area contributed by atoms with E-state index in [-0.39, 0.29) is 0 Å². The molecular formula is C16H13BrN2O2. The van der Waals surface area contributed by atoms with Gasteiger partial charge in [0.1, 0.15) is 0 Å². The van der Waals surface area contributed by atoms with Gasteiger partial charge in [0.05, 0.1) is 5.69 Å². The average molecular weight is 345 g/mol. The third kappa shape index (κ3) is 3.25. The second-order valence-electron chi connectivity index (χ2n) is 4.30. The van der Waals surface area contributed by atoms with Gasteiger partial charge in [-0.1, -0.05) is 46.3 Å². The van der Waals surface area contributed by atoms with Crippen molar-refractivity contribution < 1.29 is 9.47 Å². The van der Waals surface area contributed by atoms with Gasteiger partial charge in [-0.05, 0) is 24.3 Å². The Bertz CT molecular complexity index is 691. The van der Waals surface area contributed by atoms with Crippen LogP contribution in [0.5, 0.6) is 11.5 Å². The summed E-state index contributed by atoms with van der Waals surface area (Å²) in [6.07, 6.45) is 1.74. The van der Waals surface area contributed by atoms with Gasteiger partial charge in [0.2, 0.25) is 6.79 Å².